The Bertz CT molecular complexity index is 868. The van der Waals surface area contributed by atoms with Crippen molar-refractivity contribution in [3.8, 4) is 0 Å². The zero-order chi connectivity index (χ0) is 18.4. The standard InChI is InChI=1S/C15H12Cl2N2O5S/c16-13-7-4-8-14(17)12(13)10-24-18-9-15(19(20)21)25(22,23)11-5-2-1-3-6-11/h1-9,15H,10H2/b18-9-/t15-/m1/s1. The Kier molecular flexibility index (Phi) is 6.35. The fraction of sp³-hybridized carbons (Fsp3) is 0.133. The van der Waals surface area contributed by atoms with Gasteiger partial charge >= 0.3 is 5.37 Å². The molecule has 0 saturated carbocycles. The highest BCUT2D eigenvalue weighted by atomic mass is 35.5. The van der Waals surface area contributed by atoms with Gasteiger partial charge in [-0.15, -0.1) is 0 Å². The zero-order valence-corrected chi connectivity index (χ0v) is 14.9. The second-order valence-corrected chi connectivity index (χ2v) is 7.62. The highest BCUT2D eigenvalue weighted by Gasteiger charge is 2.36. The van der Waals surface area contributed by atoms with Gasteiger partial charge in [0.1, 0.15) is 12.8 Å². The molecule has 0 aliphatic carbocycles. The SMILES string of the molecule is O=[N+]([O-])[C@@H](/C=N\OCc1c(Cl)cccc1Cl)S(=O)(=O)c1ccccc1. The van der Waals surface area contributed by atoms with E-state index in [9.17, 15) is 18.5 Å². The van der Waals surface area contributed by atoms with Crippen LogP contribution in [0.25, 0.3) is 0 Å². The molecule has 0 spiro atoms. The van der Waals surface area contributed by atoms with Crippen LogP contribution in [-0.2, 0) is 21.3 Å². The molecule has 2 rings (SSSR count). The summed E-state index contributed by atoms with van der Waals surface area (Å²) < 4.78 is 24.6. The smallest absolute Gasteiger partial charge is 0.352 e. The Morgan fingerprint density at radius 3 is 2.28 bits per heavy atom. The monoisotopic (exact) mass is 402 g/mol. The molecule has 7 nitrogen and oxygen atoms in total. The number of oxime groups is 1. The van der Waals surface area contributed by atoms with Gasteiger partial charge in [-0.1, -0.05) is 52.6 Å². The summed E-state index contributed by atoms with van der Waals surface area (Å²) in [6.07, 6.45) is 0.618. The van der Waals surface area contributed by atoms with Crippen molar-refractivity contribution >= 4 is 39.3 Å². The van der Waals surface area contributed by atoms with E-state index in [1.54, 1.807) is 24.3 Å². The van der Waals surface area contributed by atoms with E-state index in [0.29, 0.717) is 21.8 Å². The minimum absolute atomic E-state index is 0.162. The number of halogens is 2. The summed E-state index contributed by atoms with van der Waals surface area (Å²) in [4.78, 5) is 14.9. The Labute approximate surface area is 153 Å². The van der Waals surface area contributed by atoms with Crippen molar-refractivity contribution in [3.63, 3.8) is 0 Å². The molecule has 132 valence electrons. The van der Waals surface area contributed by atoms with Gasteiger partial charge in [0.25, 0.3) is 9.84 Å². The van der Waals surface area contributed by atoms with E-state index in [1.807, 2.05) is 0 Å². The largest absolute Gasteiger partial charge is 0.391 e. The molecule has 25 heavy (non-hydrogen) atoms. The quantitative estimate of drug-likeness (QED) is 0.400. The van der Waals surface area contributed by atoms with Crippen LogP contribution in [0.1, 0.15) is 5.56 Å². The van der Waals surface area contributed by atoms with Crippen LogP contribution in [0.2, 0.25) is 10.0 Å². The maximum absolute atomic E-state index is 12.3. The van der Waals surface area contributed by atoms with Gasteiger partial charge in [-0.3, -0.25) is 10.1 Å². The first-order valence-corrected chi connectivity index (χ1v) is 9.15. The number of hydrogen-bond acceptors (Lipinski definition) is 6. The number of rotatable bonds is 7. The molecule has 0 fully saturated rings. The first-order chi connectivity index (χ1) is 11.8. The van der Waals surface area contributed by atoms with Crippen molar-refractivity contribution in [2.75, 3.05) is 0 Å². The lowest BCUT2D eigenvalue weighted by atomic mass is 10.2. The fourth-order valence-corrected chi connectivity index (χ4v) is 3.62. The first kappa shape index (κ1) is 19.2. The van der Waals surface area contributed by atoms with Crippen LogP contribution >= 0.6 is 23.2 Å². The van der Waals surface area contributed by atoms with Crippen molar-refractivity contribution in [2.45, 2.75) is 16.9 Å². The second-order valence-electron chi connectivity index (χ2n) is 4.76. The van der Waals surface area contributed by atoms with Gasteiger partial charge in [0.2, 0.25) is 0 Å². The number of nitro groups is 1. The minimum Gasteiger partial charge on any atom is -0.391 e. The Hall–Kier alpha value is -2.16. The summed E-state index contributed by atoms with van der Waals surface area (Å²) in [6, 6.07) is 11.9. The molecule has 0 aromatic heterocycles. The third-order valence-electron chi connectivity index (χ3n) is 3.13. The Morgan fingerprint density at radius 1 is 1.12 bits per heavy atom. The molecule has 0 radical (unpaired) electrons. The van der Waals surface area contributed by atoms with Crippen LogP contribution in [0.15, 0.2) is 58.6 Å². The van der Waals surface area contributed by atoms with Crippen LogP contribution in [-0.4, -0.2) is 24.9 Å². The fourth-order valence-electron chi connectivity index (χ4n) is 1.86. The highest BCUT2D eigenvalue weighted by Crippen LogP contribution is 2.25. The molecule has 0 N–H and O–H groups in total. The average molecular weight is 403 g/mol. The third kappa shape index (κ3) is 4.68. The second kappa shape index (κ2) is 8.28. The maximum atomic E-state index is 12.3. The van der Waals surface area contributed by atoms with Crippen LogP contribution in [0.4, 0.5) is 0 Å². The lowest BCUT2D eigenvalue weighted by Crippen LogP contribution is -2.31. The molecular formula is C15H12Cl2N2O5S. The molecule has 10 heteroatoms. The van der Waals surface area contributed by atoms with E-state index in [1.165, 1.54) is 24.3 Å². The van der Waals surface area contributed by atoms with E-state index >= 15 is 0 Å². The van der Waals surface area contributed by atoms with Gasteiger partial charge in [-0.05, 0) is 24.3 Å². The van der Waals surface area contributed by atoms with Gasteiger partial charge < -0.3 is 4.84 Å². The van der Waals surface area contributed by atoms with Gasteiger partial charge in [0, 0.05) is 20.5 Å². The summed E-state index contributed by atoms with van der Waals surface area (Å²) in [5.74, 6) is 0. The molecule has 0 unspecified atom stereocenters. The Balaban J connectivity index is 2.15. The molecule has 0 heterocycles. The number of nitrogens with zero attached hydrogens (tertiary/aromatic N) is 2. The minimum atomic E-state index is -4.24. The summed E-state index contributed by atoms with van der Waals surface area (Å²) in [7, 11) is -4.24. The summed E-state index contributed by atoms with van der Waals surface area (Å²) >= 11 is 11.9. The summed E-state index contributed by atoms with van der Waals surface area (Å²) in [6.45, 7) is -0.162. The van der Waals surface area contributed by atoms with Crippen LogP contribution < -0.4 is 0 Å². The van der Waals surface area contributed by atoms with E-state index in [-0.39, 0.29) is 11.5 Å². The zero-order valence-electron chi connectivity index (χ0n) is 12.6. The topological polar surface area (TPSA) is 98.9 Å². The van der Waals surface area contributed by atoms with E-state index < -0.39 is 20.1 Å². The maximum Gasteiger partial charge on any atom is 0.352 e. The highest BCUT2D eigenvalue weighted by molar-refractivity contribution is 7.92. The van der Waals surface area contributed by atoms with E-state index in [2.05, 4.69) is 5.16 Å². The van der Waals surface area contributed by atoms with E-state index in [0.717, 1.165) is 0 Å². The van der Waals surface area contributed by atoms with Crippen LogP contribution in [0, 0.1) is 10.1 Å². The van der Waals surface area contributed by atoms with Crippen LogP contribution in [0.5, 0.6) is 0 Å². The molecule has 2 aromatic rings. The van der Waals surface area contributed by atoms with Gasteiger partial charge in [0.05, 0.1) is 4.90 Å². The predicted molar refractivity (Wildman–Crippen MR) is 94.2 cm³/mol. The molecule has 0 bridgehead atoms. The molecule has 0 amide bonds. The van der Waals surface area contributed by atoms with Gasteiger partial charge in [-0.2, -0.15) is 0 Å². The lowest BCUT2D eigenvalue weighted by Gasteiger charge is -2.07. The normalized spacial score (nSPS) is 12.9. The Morgan fingerprint density at radius 2 is 1.72 bits per heavy atom. The lowest BCUT2D eigenvalue weighted by molar-refractivity contribution is -0.478. The summed E-state index contributed by atoms with van der Waals surface area (Å²) in [5, 5.41) is 13.1. The van der Waals surface area contributed by atoms with Crippen molar-refractivity contribution in [1.29, 1.82) is 0 Å². The molecule has 0 aliphatic heterocycles. The van der Waals surface area contributed by atoms with Crippen molar-refractivity contribution in [1.82, 2.24) is 0 Å². The van der Waals surface area contributed by atoms with Crippen molar-refractivity contribution in [2.24, 2.45) is 5.16 Å². The van der Waals surface area contributed by atoms with Crippen molar-refractivity contribution in [3.05, 3.63) is 74.3 Å². The van der Waals surface area contributed by atoms with Crippen molar-refractivity contribution < 1.29 is 18.2 Å². The molecule has 1 atom stereocenters. The molecule has 0 saturated heterocycles. The predicted octanol–water partition coefficient (Wildman–Crippen LogP) is 3.57. The molecule has 2 aromatic carbocycles. The third-order valence-corrected chi connectivity index (χ3v) is 5.70. The van der Waals surface area contributed by atoms with E-state index in [4.69, 9.17) is 28.0 Å². The van der Waals surface area contributed by atoms with Crippen LogP contribution in [0.3, 0.4) is 0 Å². The number of sulfone groups is 1. The van der Waals surface area contributed by atoms with Gasteiger partial charge in [-0.25, -0.2) is 8.42 Å². The molecular weight excluding hydrogens is 391 g/mol. The number of hydrogen-bond donors (Lipinski definition) is 0. The number of benzene rings is 2. The molecule has 0 aliphatic rings. The summed E-state index contributed by atoms with van der Waals surface area (Å²) in [5.41, 5.74) is 0.437. The van der Waals surface area contributed by atoms with Gasteiger partial charge in [0.15, 0.2) is 0 Å². The first-order valence-electron chi connectivity index (χ1n) is 6.85. The average Bonchev–Trinajstić information content (AvgIpc) is 2.57.